The van der Waals surface area contributed by atoms with Crippen LogP contribution in [0.2, 0.25) is 0 Å². The Bertz CT molecular complexity index is 764. The summed E-state index contributed by atoms with van der Waals surface area (Å²) in [6.45, 7) is 6.47. The van der Waals surface area contributed by atoms with Crippen molar-refractivity contribution in [3.8, 4) is 0 Å². The van der Waals surface area contributed by atoms with Crippen molar-refractivity contribution >= 4 is 22.4 Å². The van der Waals surface area contributed by atoms with Gasteiger partial charge in [0.05, 0.1) is 5.69 Å². The van der Waals surface area contributed by atoms with Crippen LogP contribution in [0.1, 0.15) is 10.6 Å². The molecular weight excluding hydrogens is 304 g/mol. The van der Waals surface area contributed by atoms with E-state index in [1.54, 1.807) is 0 Å². The standard InChI is InChI=1S/C18H20N4S/c1-3-15-5-6-16(20-18(15)19-7-1)13-21-8-10-22(11-9-21)14-17-4-2-12-23-17/h1-7,12H,8-11,13-14H2. The Labute approximate surface area is 140 Å². The predicted octanol–water partition coefficient (Wildman–Crippen LogP) is 3.01. The largest absolute Gasteiger partial charge is 0.296 e. The molecule has 118 valence electrons. The van der Waals surface area contributed by atoms with Gasteiger partial charge in [-0.2, -0.15) is 0 Å². The summed E-state index contributed by atoms with van der Waals surface area (Å²) in [7, 11) is 0. The minimum atomic E-state index is 0.848. The van der Waals surface area contributed by atoms with E-state index in [1.165, 1.54) is 4.88 Å². The lowest BCUT2D eigenvalue weighted by atomic mass is 10.2. The summed E-state index contributed by atoms with van der Waals surface area (Å²) < 4.78 is 0. The minimum absolute atomic E-state index is 0.848. The van der Waals surface area contributed by atoms with Crippen LogP contribution in [0.15, 0.2) is 48.0 Å². The molecule has 0 amide bonds. The highest BCUT2D eigenvalue weighted by Crippen LogP contribution is 2.15. The van der Waals surface area contributed by atoms with Gasteiger partial charge >= 0.3 is 0 Å². The maximum absolute atomic E-state index is 4.68. The first-order valence-electron chi connectivity index (χ1n) is 8.04. The highest BCUT2D eigenvalue weighted by Gasteiger charge is 2.17. The predicted molar refractivity (Wildman–Crippen MR) is 94.4 cm³/mol. The molecule has 0 radical (unpaired) electrons. The normalized spacial score (nSPS) is 16.9. The first-order valence-corrected chi connectivity index (χ1v) is 8.92. The van der Waals surface area contributed by atoms with Crippen LogP contribution < -0.4 is 0 Å². The molecule has 0 bridgehead atoms. The fourth-order valence-electron chi connectivity index (χ4n) is 3.04. The van der Waals surface area contributed by atoms with E-state index in [-0.39, 0.29) is 0 Å². The van der Waals surface area contributed by atoms with Crippen molar-refractivity contribution < 1.29 is 0 Å². The SMILES string of the molecule is c1csc(CN2CCN(Cc3ccc4cccnc4n3)CC2)c1. The average Bonchev–Trinajstić information content (AvgIpc) is 3.10. The number of nitrogens with zero attached hydrogens (tertiary/aromatic N) is 4. The molecule has 0 N–H and O–H groups in total. The molecule has 0 saturated carbocycles. The van der Waals surface area contributed by atoms with Gasteiger partial charge in [0.15, 0.2) is 5.65 Å². The van der Waals surface area contributed by atoms with Crippen molar-refractivity contribution in [3.63, 3.8) is 0 Å². The summed E-state index contributed by atoms with van der Waals surface area (Å²) in [4.78, 5) is 15.5. The van der Waals surface area contributed by atoms with Crippen molar-refractivity contribution in [1.82, 2.24) is 19.8 Å². The molecule has 0 unspecified atom stereocenters. The Balaban J connectivity index is 1.35. The van der Waals surface area contributed by atoms with Crippen molar-refractivity contribution in [2.75, 3.05) is 26.2 Å². The molecule has 1 fully saturated rings. The van der Waals surface area contributed by atoms with Crippen molar-refractivity contribution in [3.05, 3.63) is 58.5 Å². The number of piperazine rings is 1. The third-order valence-electron chi connectivity index (χ3n) is 4.33. The molecule has 4 rings (SSSR count). The summed E-state index contributed by atoms with van der Waals surface area (Å²) in [5.41, 5.74) is 1.96. The molecule has 23 heavy (non-hydrogen) atoms. The lowest BCUT2D eigenvalue weighted by molar-refractivity contribution is 0.122. The van der Waals surface area contributed by atoms with Crippen molar-refractivity contribution in [1.29, 1.82) is 0 Å². The Hall–Kier alpha value is -1.82. The van der Waals surface area contributed by atoms with Crippen LogP contribution in [0.25, 0.3) is 11.0 Å². The van der Waals surface area contributed by atoms with Gasteiger partial charge in [-0.25, -0.2) is 9.97 Å². The van der Waals surface area contributed by atoms with Crippen LogP contribution in [-0.2, 0) is 13.1 Å². The second-order valence-electron chi connectivity index (χ2n) is 5.98. The Morgan fingerprint density at radius 1 is 0.913 bits per heavy atom. The van der Waals surface area contributed by atoms with Gasteiger partial charge in [0.25, 0.3) is 0 Å². The summed E-state index contributed by atoms with van der Waals surface area (Å²) in [5.74, 6) is 0. The van der Waals surface area contributed by atoms with E-state index in [0.29, 0.717) is 0 Å². The van der Waals surface area contributed by atoms with E-state index < -0.39 is 0 Å². The summed E-state index contributed by atoms with van der Waals surface area (Å²) in [6.07, 6.45) is 1.81. The zero-order valence-electron chi connectivity index (χ0n) is 13.1. The van der Waals surface area contributed by atoms with E-state index in [4.69, 9.17) is 0 Å². The van der Waals surface area contributed by atoms with E-state index in [0.717, 1.165) is 56.0 Å². The van der Waals surface area contributed by atoms with E-state index in [2.05, 4.69) is 55.5 Å². The summed E-state index contributed by atoms with van der Waals surface area (Å²) >= 11 is 1.85. The number of pyridine rings is 2. The molecule has 0 aliphatic carbocycles. The van der Waals surface area contributed by atoms with Crippen molar-refractivity contribution in [2.24, 2.45) is 0 Å². The summed E-state index contributed by atoms with van der Waals surface area (Å²) in [6, 6.07) is 12.6. The Morgan fingerprint density at radius 3 is 2.52 bits per heavy atom. The number of hydrogen-bond donors (Lipinski definition) is 0. The minimum Gasteiger partial charge on any atom is -0.296 e. The molecule has 1 aliphatic rings. The molecular formula is C18H20N4S. The molecule has 1 saturated heterocycles. The van der Waals surface area contributed by atoms with Crippen LogP contribution >= 0.6 is 11.3 Å². The zero-order chi connectivity index (χ0) is 15.5. The fourth-order valence-corrected chi connectivity index (χ4v) is 3.78. The van der Waals surface area contributed by atoms with Gasteiger partial charge in [-0.1, -0.05) is 6.07 Å². The number of fused-ring (bicyclic) bond motifs is 1. The van der Waals surface area contributed by atoms with Gasteiger partial charge in [-0.3, -0.25) is 9.80 Å². The molecule has 0 aromatic carbocycles. The highest BCUT2D eigenvalue weighted by molar-refractivity contribution is 7.09. The van der Waals surface area contributed by atoms with E-state index >= 15 is 0 Å². The third-order valence-corrected chi connectivity index (χ3v) is 5.19. The molecule has 4 heterocycles. The maximum Gasteiger partial charge on any atom is 0.159 e. The van der Waals surface area contributed by atoms with E-state index in [1.807, 2.05) is 23.6 Å². The van der Waals surface area contributed by atoms with Gasteiger partial charge < -0.3 is 0 Å². The van der Waals surface area contributed by atoms with Crippen LogP contribution in [-0.4, -0.2) is 45.9 Å². The molecule has 3 aromatic heterocycles. The number of aromatic nitrogens is 2. The quantitative estimate of drug-likeness (QED) is 0.738. The second-order valence-corrected chi connectivity index (χ2v) is 7.02. The van der Waals surface area contributed by atoms with E-state index in [9.17, 15) is 0 Å². The molecule has 4 nitrogen and oxygen atoms in total. The number of thiophene rings is 1. The van der Waals surface area contributed by atoms with Gasteiger partial charge in [-0.05, 0) is 35.7 Å². The van der Waals surface area contributed by atoms with Gasteiger partial charge in [0.2, 0.25) is 0 Å². The van der Waals surface area contributed by atoms with Crippen LogP contribution in [0.3, 0.4) is 0 Å². The zero-order valence-corrected chi connectivity index (χ0v) is 13.9. The number of hydrogen-bond acceptors (Lipinski definition) is 5. The summed E-state index contributed by atoms with van der Waals surface area (Å²) in [5, 5.41) is 3.27. The molecule has 5 heteroatoms. The molecule has 1 aliphatic heterocycles. The monoisotopic (exact) mass is 324 g/mol. The Morgan fingerprint density at radius 2 is 1.74 bits per heavy atom. The Kier molecular flexibility index (Phi) is 4.33. The van der Waals surface area contributed by atoms with Crippen LogP contribution in [0, 0.1) is 0 Å². The third kappa shape index (κ3) is 3.58. The smallest absolute Gasteiger partial charge is 0.159 e. The topological polar surface area (TPSA) is 32.3 Å². The first-order chi connectivity index (χ1) is 11.4. The van der Waals surface area contributed by atoms with Gasteiger partial charge in [0.1, 0.15) is 0 Å². The molecule has 0 atom stereocenters. The lowest BCUT2D eigenvalue weighted by Crippen LogP contribution is -2.45. The maximum atomic E-state index is 4.68. The fraction of sp³-hybridized carbons (Fsp3) is 0.333. The second kappa shape index (κ2) is 6.74. The molecule has 3 aromatic rings. The van der Waals surface area contributed by atoms with Crippen molar-refractivity contribution in [2.45, 2.75) is 13.1 Å². The lowest BCUT2D eigenvalue weighted by Gasteiger charge is -2.34. The highest BCUT2D eigenvalue weighted by atomic mass is 32.1. The van der Waals surface area contributed by atoms with Gasteiger partial charge in [0, 0.05) is 55.7 Å². The van der Waals surface area contributed by atoms with Crippen LogP contribution in [0.4, 0.5) is 0 Å². The number of rotatable bonds is 4. The molecule has 0 spiro atoms. The average molecular weight is 324 g/mol. The van der Waals surface area contributed by atoms with Gasteiger partial charge in [-0.15, -0.1) is 11.3 Å². The first kappa shape index (κ1) is 14.8. The van der Waals surface area contributed by atoms with Crippen LogP contribution in [0.5, 0.6) is 0 Å².